The predicted molar refractivity (Wildman–Crippen MR) is 74.0 cm³/mol. The van der Waals surface area contributed by atoms with Crippen molar-refractivity contribution in [2.75, 3.05) is 31.2 Å². The van der Waals surface area contributed by atoms with E-state index >= 15 is 0 Å². The number of rotatable bonds is 3. The molecule has 0 aliphatic carbocycles. The summed E-state index contributed by atoms with van der Waals surface area (Å²) in [5.74, 6) is 1.16. The Kier molecular flexibility index (Phi) is 5.21. The third-order valence-electron chi connectivity index (χ3n) is 2.73. The molecule has 0 radical (unpaired) electrons. The van der Waals surface area contributed by atoms with Crippen molar-refractivity contribution >= 4 is 29.3 Å². The molecule has 1 aliphatic heterocycles. The zero-order valence-corrected chi connectivity index (χ0v) is 12.4. The number of amides is 1. The zero-order valence-electron chi connectivity index (χ0n) is 10.8. The number of ether oxygens (including phenoxy) is 1. The highest BCUT2D eigenvalue weighted by Gasteiger charge is 2.29. The van der Waals surface area contributed by atoms with Crippen LogP contribution in [0.1, 0.15) is 10.4 Å². The molecule has 116 valence electrons. The van der Waals surface area contributed by atoms with Gasteiger partial charge < -0.3 is 9.64 Å². The van der Waals surface area contributed by atoms with Crippen LogP contribution in [0.3, 0.4) is 0 Å². The van der Waals surface area contributed by atoms with Crippen LogP contribution >= 0.6 is 23.4 Å². The van der Waals surface area contributed by atoms with E-state index in [1.165, 1.54) is 12.3 Å². The standard InChI is InChI=1S/C12H12ClF3N2O2S/c13-9-5-8(11(19)18-1-3-21-4-2-18)6-17-10(9)20-7-12(14,15)16/h5-6H,1-4,7H2. The van der Waals surface area contributed by atoms with Crippen molar-refractivity contribution in [1.29, 1.82) is 0 Å². The molecule has 1 aliphatic rings. The van der Waals surface area contributed by atoms with Crippen molar-refractivity contribution in [3.05, 3.63) is 22.8 Å². The molecule has 1 saturated heterocycles. The van der Waals surface area contributed by atoms with Gasteiger partial charge in [0.25, 0.3) is 5.91 Å². The smallest absolute Gasteiger partial charge is 0.422 e. The highest BCUT2D eigenvalue weighted by molar-refractivity contribution is 7.99. The Labute approximate surface area is 128 Å². The molecule has 9 heteroatoms. The minimum absolute atomic E-state index is 0.114. The number of hydrogen-bond donors (Lipinski definition) is 0. The lowest BCUT2D eigenvalue weighted by Crippen LogP contribution is -2.37. The molecule has 0 aromatic carbocycles. The van der Waals surface area contributed by atoms with Crippen LogP contribution in [0.15, 0.2) is 12.3 Å². The molecule has 2 rings (SSSR count). The van der Waals surface area contributed by atoms with E-state index in [0.29, 0.717) is 13.1 Å². The zero-order chi connectivity index (χ0) is 15.5. The van der Waals surface area contributed by atoms with Crippen LogP contribution in [0.25, 0.3) is 0 Å². The van der Waals surface area contributed by atoms with Crippen LogP contribution in [0, 0.1) is 0 Å². The summed E-state index contributed by atoms with van der Waals surface area (Å²) in [5, 5.41) is -0.114. The normalized spacial score (nSPS) is 15.9. The van der Waals surface area contributed by atoms with Crippen LogP contribution in [0.5, 0.6) is 5.88 Å². The molecular weight excluding hydrogens is 329 g/mol. The van der Waals surface area contributed by atoms with E-state index < -0.39 is 12.8 Å². The molecule has 2 heterocycles. The first-order valence-corrected chi connectivity index (χ1v) is 7.62. The molecule has 0 spiro atoms. The Balaban J connectivity index is 2.05. The van der Waals surface area contributed by atoms with Crippen molar-refractivity contribution in [3.8, 4) is 5.88 Å². The minimum Gasteiger partial charge on any atom is -0.467 e. The van der Waals surface area contributed by atoms with Gasteiger partial charge in [0.2, 0.25) is 5.88 Å². The number of halogens is 4. The maximum absolute atomic E-state index is 12.2. The average Bonchev–Trinajstić information content (AvgIpc) is 2.45. The Morgan fingerprint density at radius 3 is 2.67 bits per heavy atom. The van der Waals surface area contributed by atoms with Gasteiger partial charge in [0.1, 0.15) is 5.02 Å². The first kappa shape index (κ1) is 16.2. The molecule has 0 N–H and O–H groups in total. The fourth-order valence-electron chi connectivity index (χ4n) is 1.75. The summed E-state index contributed by atoms with van der Waals surface area (Å²) in [7, 11) is 0. The lowest BCUT2D eigenvalue weighted by Gasteiger charge is -2.26. The van der Waals surface area contributed by atoms with Gasteiger partial charge in [-0.2, -0.15) is 24.9 Å². The number of alkyl halides is 3. The van der Waals surface area contributed by atoms with Gasteiger partial charge in [0.05, 0.1) is 5.56 Å². The van der Waals surface area contributed by atoms with Gasteiger partial charge in [-0.3, -0.25) is 4.79 Å². The van der Waals surface area contributed by atoms with Crippen molar-refractivity contribution < 1.29 is 22.7 Å². The van der Waals surface area contributed by atoms with Gasteiger partial charge in [-0.25, -0.2) is 4.98 Å². The van der Waals surface area contributed by atoms with Crippen LogP contribution in [-0.2, 0) is 0 Å². The third kappa shape index (κ3) is 4.67. The summed E-state index contributed by atoms with van der Waals surface area (Å²) in [5.41, 5.74) is 0.242. The number of nitrogens with zero attached hydrogens (tertiary/aromatic N) is 2. The highest BCUT2D eigenvalue weighted by atomic mass is 35.5. The fourth-order valence-corrected chi connectivity index (χ4v) is 2.87. The molecule has 1 fully saturated rings. The predicted octanol–water partition coefficient (Wildman–Crippen LogP) is 2.87. The van der Waals surface area contributed by atoms with Crippen LogP contribution in [-0.4, -0.2) is 53.2 Å². The van der Waals surface area contributed by atoms with E-state index in [2.05, 4.69) is 9.72 Å². The molecule has 21 heavy (non-hydrogen) atoms. The third-order valence-corrected chi connectivity index (χ3v) is 3.94. The van der Waals surface area contributed by atoms with Crippen molar-refractivity contribution in [2.24, 2.45) is 0 Å². The van der Waals surface area contributed by atoms with Gasteiger partial charge in [-0.1, -0.05) is 11.6 Å². The summed E-state index contributed by atoms with van der Waals surface area (Å²) in [6.45, 7) is -0.211. The molecule has 0 bridgehead atoms. The molecule has 4 nitrogen and oxygen atoms in total. The number of carbonyl (C=O) groups excluding carboxylic acids is 1. The Hall–Kier alpha value is -1.15. The summed E-state index contributed by atoms with van der Waals surface area (Å²) in [6, 6.07) is 1.28. The topological polar surface area (TPSA) is 42.4 Å². The number of thioether (sulfide) groups is 1. The van der Waals surface area contributed by atoms with E-state index in [4.69, 9.17) is 11.6 Å². The molecule has 0 unspecified atom stereocenters. The quantitative estimate of drug-likeness (QED) is 0.848. The van der Waals surface area contributed by atoms with E-state index in [-0.39, 0.29) is 22.4 Å². The van der Waals surface area contributed by atoms with Crippen molar-refractivity contribution in [3.63, 3.8) is 0 Å². The van der Waals surface area contributed by atoms with Gasteiger partial charge >= 0.3 is 6.18 Å². The molecular formula is C12H12ClF3N2O2S. The second-order valence-electron chi connectivity index (χ2n) is 4.32. The van der Waals surface area contributed by atoms with Gasteiger partial charge in [0.15, 0.2) is 6.61 Å². The number of aromatic nitrogens is 1. The van der Waals surface area contributed by atoms with Crippen LogP contribution < -0.4 is 4.74 Å². The first-order valence-electron chi connectivity index (χ1n) is 6.09. The lowest BCUT2D eigenvalue weighted by molar-refractivity contribution is -0.154. The van der Waals surface area contributed by atoms with Crippen LogP contribution in [0.4, 0.5) is 13.2 Å². The molecule has 0 saturated carbocycles. The van der Waals surface area contributed by atoms with E-state index in [0.717, 1.165) is 11.5 Å². The Morgan fingerprint density at radius 1 is 1.43 bits per heavy atom. The van der Waals surface area contributed by atoms with Crippen LogP contribution in [0.2, 0.25) is 5.02 Å². The summed E-state index contributed by atoms with van der Waals surface area (Å²) in [4.78, 5) is 17.5. The van der Waals surface area contributed by atoms with E-state index in [1.807, 2.05) is 0 Å². The second-order valence-corrected chi connectivity index (χ2v) is 5.95. The maximum atomic E-state index is 12.2. The maximum Gasteiger partial charge on any atom is 0.422 e. The fraction of sp³-hybridized carbons (Fsp3) is 0.500. The summed E-state index contributed by atoms with van der Waals surface area (Å²) in [6.07, 6.45) is -3.29. The van der Waals surface area contributed by atoms with Crippen molar-refractivity contribution in [2.45, 2.75) is 6.18 Å². The van der Waals surface area contributed by atoms with Gasteiger partial charge in [-0.15, -0.1) is 0 Å². The van der Waals surface area contributed by atoms with Gasteiger partial charge in [0, 0.05) is 30.8 Å². The molecule has 1 aromatic rings. The first-order chi connectivity index (χ1) is 9.87. The Morgan fingerprint density at radius 2 is 2.10 bits per heavy atom. The average molecular weight is 341 g/mol. The number of pyridine rings is 1. The summed E-state index contributed by atoms with van der Waals surface area (Å²) >= 11 is 7.58. The van der Waals surface area contributed by atoms with E-state index in [9.17, 15) is 18.0 Å². The van der Waals surface area contributed by atoms with Gasteiger partial charge in [-0.05, 0) is 6.07 Å². The number of carbonyl (C=O) groups is 1. The monoisotopic (exact) mass is 340 g/mol. The van der Waals surface area contributed by atoms with E-state index in [1.54, 1.807) is 16.7 Å². The highest BCUT2D eigenvalue weighted by Crippen LogP contribution is 2.25. The lowest BCUT2D eigenvalue weighted by atomic mass is 10.2. The Bertz CT molecular complexity index is 522. The molecule has 0 atom stereocenters. The molecule has 1 aromatic heterocycles. The number of hydrogen-bond acceptors (Lipinski definition) is 4. The molecule has 1 amide bonds. The van der Waals surface area contributed by atoms with Crippen molar-refractivity contribution in [1.82, 2.24) is 9.88 Å². The largest absolute Gasteiger partial charge is 0.467 e. The SMILES string of the molecule is O=C(c1cnc(OCC(F)(F)F)c(Cl)c1)N1CCSCC1. The summed E-state index contributed by atoms with van der Waals surface area (Å²) < 4.78 is 40.7. The second kappa shape index (κ2) is 6.74. The minimum atomic E-state index is -4.47.